The van der Waals surface area contributed by atoms with Crippen LogP contribution in [0.25, 0.3) is 11.2 Å². The number of anilines is 1. The van der Waals surface area contributed by atoms with E-state index in [-0.39, 0.29) is 23.5 Å². The molecule has 4 N–H and O–H groups in total. The van der Waals surface area contributed by atoms with Gasteiger partial charge in [0.1, 0.15) is 12.3 Å². The summed E-state index contributed by atoms with van der Waals surface area (Å²) in [6, 6.07) is 0. The van der Waals surface area contributed by atoms with E-state index >= 15 is 0 Å². The summed E-state index contributed by atoms with van der Waals surface area (Å²) in [5.41, 5.74) is 4.95. The van der Waals surface area contributed by atoms with Crippen molar-refractivity contribution in [1.82, 2.24) is 19.5 Å². The minimum absolute atomic E-state index is 0.0344. The second-order valence-corrected chi connectivity index (χ2v) is 11.0. The van der Waals surface area contributed by atoms with Gasteiger partial charge < -0.3 is 25.4 Å². The Labute approximate surface area is 165 Å². The van der Waals surface area contributed by atoms with Gasteiger partial charge in [0.15, 0.2) is 11.2 Å². The van der Waals surface area contributed by atoms with Crippen LogP contribution in [0.3, 0.4) is 0 Å². The molecule has 5 unspecified atom stereocenters. The molecule has 166 valence electrons. The lowest BCUT2D eigenvalue weighted by Gasteiger charge is -2.38. The highest BCUT2D eigenvalue weighted by atomic mass is 31.3. The van der Waals surface area contributed by atoms with Gasteiger partial charge in [-0.1, -0.05) is 0 Å². The predicted octanol–water partition coefficient (Wildman–Crippen LogP) is -1.52. The zero-order chi connectivity index (χ0) is 21.9. The molecule has 0 aromatic carbocycles. The first-order valence-corrected chi connectivity index (χ1v) is 12.3. The van der Waals surface area contributed by atoms with E-state index in [1.165, 1.54) is 10.9 Å². The quantitative estimate of drug-likeness (QED) is 0.414. The van der Waals surface area contributed by atoms with Crippen LogP contribution < -0.4 is 21.1 Å². The molecule has 0 saturated carbocycles. The third kappa shape index (κ3) is 4.28. The first-order chi connectivity index (χ1) is 13.9. The molecule has 5 atom stereocenters. The van der Waals surface area contributed by atoms with Gasteiger partial charge >= 0.3 is 7.82 Å². The molecule has 20 heteroatoms. The molecule has 4 rings (SSSR count). The number of nitrogens with two attached hydrogens (primary N) is 1. The summed E-state index contributed by atoms with van der Waals surface area (Å²) in [5, 5.41) is 10.2. The number of aliphatic hydroxyl groups excluding tert-OH is 1. The first-order valence-electron chi connectivity index (χ1n) is 7.93. The number of rotatable bonds is 4. The summed E-state index contributed by atoms with van der Waals surface area (Å²) in [6.45, 7) is -0.780. The maximum absolute atomic E-state index is 12.2. The largest absolute Gasteiger partial charge is 0.756 e. The van der Waals surface area contributed by atoms with E-state index in [9.17, 15) is 33.4 Å². The highest BCUT2D eigenvalue weighted by Gasteiger charge is 2.46. The highest BCUT2D eigenvalue weighted by molar-refractivity contribution is 7.74. The van der Waals surface area contributed by atoms with Gasteiger partial charge in [-0.15, -0.1) is 0 Å². The van der Waals surface area contributed by atoms with Crippen LogP contribution in [0.1, 0.15) is 12.6 Å². The zero-order valence-corrected chi connectivity index (χ0v) is 17.1. The Kier molecular flexibility index (Phi) is 5.28. The van der Waals surface area contributed by atoms with Crippen LogP contribution in [0, 0.1) is 0 Å². The van der Waals surface area contributed by atoms with E-state index in [4.69, 9.17) is 10.5 Å². The van der Waals surface area contributed by atoms with Crippen molar-refractivity contribution in [2.24, 2.45) is 0 Å². The molecule has 2 aromatic rings. The maximum atomic E-state index is 12.2. The van der Waals surface area contributed by atoms with E-state index in [1.807, 2.05) is 0 Å². The topological polar surface area (TPSA) is 253 Å². The first kappa shape index (κ1) is 21.7. The molecule has 0 spiro atoms. The smallest absolute Gasteiger partial charge is 0.487 e. The third-order valence-corrected chi connectivity index (χ3v) is 9.23. The van der Waals surface area contributed by atoms with Gasteiger partial charge in [0, 0.05) is 6.42 Å². The van der Waals surface area contributed by atoms with Crippen LogP contribution >= 0.6 is 23.5 Å². The number of H-pyrrole nitrogens is 1. The molecule has 2 fully saturated rings. The zero-order valence-electron chi connectivity index (χ0n) is 14.4. The van der Waals surface area contributed by atoms with Crippen molar-refractivity contribution in [3.05, 3.63) is 16.7 Å². The molecule has 0 amide bonds. The number of phosphoric acid groups is 3. The van der Waals surface area contributed by atoms with Gasteiger partial charge in [-0.2, -0.15) is 4.98 Å². The van der Waals surface area contributed by atoms with Crippen molar-refractivity contribution in [2.45, 2.75) is 24.9 Å². The standard InChI is InChI=1S/C10H14N5O12P3/c11-10-13-8-7(9(17)14-10)12-3-15(8)6-1-4(16)5(24-6)2-23-30(22)26-28(18,19)25-29(20,21)27-30/h3-6,16H,1-2H2,(H,18,19)(H,20,21)(H3,11,13,14,17)/p-2. The van der Waals surface area contributed by atoms with Crippen LogP contribution in [-0.4, -0.2) is 43.4 Å². The number of nitrogens with zero attached hydrogens (tertiary/aromatic N) is 3. The van der Waals surface area contributed by atoms with Crippen molar-refractivity contribution in [3.8, 4) is 0 Å². The number of nitrogens with one attached hydrogen (secondary N) is 1. The number of imidazole rings is 1. The summed E-state index contributed by atoms with van der Waals surface area (Å²) in [5.74, 6) is -0.177. The molecule has 0 aliphatic carbocycles. The fourth-order valence-corrected chi connectivity index (χ4v) is 7.62. The number of nitrogen functional groups attached to an aromatic ring is 1. The van der Waals surface area contributed by atoms with Crippen molar-refractivity contribution < 1.29 is 50.8 Å². The molecule has 4 heterocycles. The van der Waals surface area contributed by atoms with Gasteiger partial charge in [0.05, 0.1) is 19.0 Å². The summed E-state index contributed by atoms with van der Waals surface area (Å²) in [4.78, 5) is 44.5. The number of fused-ring (bicyclic) bond motifs is 1. The Morgan fingerprint density at radius 1 is 1.30 bits per heavy atom. The molecule has 0 bridgehead atoms. The van der Waals surface area contributed by atoms with Crippen LogP contribution in [-0.2, 0) is 35.9 Å². The molecular formula is C10H12N5O12P3-2. The van der Waals surface area contributed by atoms with Crippen molar-refractivity contribution >= 4 is 40.6 Å². The number of hydrogen-bond donors (Lipinski definition) is 3. The van der Waals surface area contributed by atoms with Crippen LogP contribution in [0.2, 0.25) is 0 Å². The van der Waals surface area contributed by atoms with Crippen molar-refractivity contribution in [3.63, 3.8) is 0 Å². The number of aromatic nitrogens is 4. The molecule has 0 radical (unpaired) electrons. The Morgan fingerprint density at radius 2 is 1.97 bits per heavy atom. The average molecular weight is 487 g/mol. The van der Waals surface area contributed by atoms with E-state index in [1.54, 1.807) is 0 Å². The Morgan fingerprint density at radius 3 is 2.63 bits per heavy atom. The molecular weight excluding hydrogens is 475 g/mol. The molecule has 17 nitrogen and oxygen atoms in total. The third-order valence-electron chi connectivity index (χ3n) is 3.96. The molecule has 30 heavy (non-hydrogen) atoms. The Balaban J connectivity index is 1.49. The fourth-order valence-electron chi connectivity index (χ4n) is 2.81. The van der Waals surface area contributed by atoms with E-state index in [2.05, 4.69) is 32.4 Å². The van der Waals surface area contributed by atoms with E-state index in [0.717, 1.165) is 0 Å². The molecule has 2 saturated heterocycles. The minimum Gasteiger partial charge on any atom is -0.756 e. The normalized spacial score (nSPS) is 39.5. The summed E-state index contributed by atoms with van der Waals surface area (Å²) < 4.78 is 57.8. The van der Waals surface area contributed by atoms with Gasteiger partial charge in [-0.05, 0) is 0 Å². The van der Waals surface area contributed by atoms with Crippen molar-refractivity contribution in [2.75, 3.05) is 12.3 Å². The Hall–Kier alpha value is -1.48. The lowest BCUT2D eigenvalue weighted by Crippen LogP contribution is -2.27. The van der Waals surface area contributed by atoms with Gasteiger partial charge in [0.2, 0.25) is 5.95 Å². The van der Waals surface area contributed by atoms with Crippen LogP contribution in [0.4, 0.5) is 5.95 Å². The monoisotopic (exact) mass is 487 g/mol. The maximum Gasteiger partial charge on any atom is 0.487 e. The van der Waals surface area contributed by atoms with Gasteiger partial charge in [0.25, 0.3) is 21.2 Å². The van der Waals surface area contributed by atoms with E-state index in [0.29, 0.717) is 0 Å². The lowest BCUT2D eigenvalue weighted by molar-refractivity contribution is -0.242. The minimum atomic E-state index is -5.50. The second kappa shape index (κ2) is 7.29. The van der Waals surface area contributed by atoms with Gasteiger partial charge in [-0.25, -0.2) is 22.5 Å². The molecule has 2 aliphatic rings. The molecule has 2 aromatic heterocycles. The lowest BCUT2D eigenvalue weighted by atomic mass is 10.2. The predicted molar refractivity (Wildman–Crippen MR) is 89.1 cm³/mol. The number of aromatic amines is 1. The summed E-state index contributed by atoms with van der Waals surface area (Å²) in [7, 11) is -16.1. The summed E-state index contributed by atoms with van der Waals surface area (Å²) >= 11 is 0. The summed E-state index contributed by atoms with van der Waals surface area (Å²) in [6.07, 6.45) is -2.21. The number of ether oxygens (including phenoxy) is 1. The number of hydrogen-bond acceptors (Lipinski definition) is 15. The molecule has 2 aliphatic heterocycles. The van der Waals surface area contributed by atoms with E-state index < -0.39 is 54.1 Å². The van der Waals surface area contributed by atoms with Crippen LogP contribution in [0.15, 0.2) is 11.1 Å². The number of aliphatic hydroxyl groups is 1. The fraction of sp³-hybridized carbons (Fsp3) is 0.500. The highest BCUT2D eigenvalue weighted by Crippen LogP contribution is 2.77. The average Bonchev–Trinajstić information content (AvgIpc) is 3.13. The Bertz CT molecular complexity index is 1170. The van der Waals surface area contributed by atoms with Gasteiger partial charge in [-0.3, -0.25) is 28.0 Å². The van der Waals surface area contributed by atoms with Crippen LogP contribution in [0.5, 0.6) is 0 Å². The van der Waals surface area contributed by atoms with Crippen molar-refractivity contribution in [1.29, 1.82) is 0 Å². The SMILES string of the molecule is Nc1nc2c(ncn2C2CC(O)C(COP3(=O)OP(=O)([O-])OP(=O)([O-])O3)O2)c(=O)[nH]1. The second-order valence-electron chi connectivity index (χ2n) is 6.09.